The molecule has 0 aliphatic carbocycles. The normalized spacial score (nSPS) is 19.2. The summed E-state index contributed by atoms with van der Waals surface area (Å²) in [5, 5.41) is 12.6. The summed E-state index contributed by atoms with van der Waals surface area (Å²) in [6.45, 7) is 2.08. The predicted molar refractivity (Wildman–Crippen MR) is 107 cm³/mol. The predicted octanol–water partition coefficient (Wildman–Crippen LogP) is 4.03. The van der Waals surface area contributed by atoms with Gasteiger partial charge in [0.25, 0.3) is 11.6 Å². The Morgan fingerprint density at radius 1 is 1.22 bits per heavy atom. The van der Waals surface area contributed by atoms with E-state index in [9.17, 15) is 14.9 Å². The summed E-state index contributed by atoms with van der Waals surface area (Å²) in [6.07, 6.45) is 2.81. The Kier molecular flexibility index (Phi) is 6.47. The minimum atomic E-state index is -0.461. The molecule has 27 heavy (non-hydrogen) atoms. The van der Waals surface area contributed by atoms with Crippen LogP contribution in [0, 0.1) is 10.1 Å². The molecule has 2 unspecified atom stereocenters. The van der Waals surface area contributed by atoms with Crippen LogP contribution in [0.4, 0.5) is 5.69 Å². The van der Waals surface area contributed by atoms with Gasteiger partial charge in [-0.25, -0.2) is 5.43 Å². The second-order valence-corrected chi connectivity index (χ2v) is 7.93. The Balaban J connectivity index is 1.66. The number of thioether (sulfide) groups is 1. The molecule has 6 nitrogen and oxygen atoms in total. The number of benzene rings is 2. The van der Waals surface area contributed by atoms with Gasteiger partial charge in [0.2, 0.25) is 0 Å². The maximum Gasteiger partial charge on any atom is 0.269 e. The minimum Gasteiger partial charge on any atom is -0.268 e. The van der Waals surface area contributed by atoms with E-state index in [-0.39, 0.29) is 23.0 Å². The van der Waals surface area contributed by atoms with E-state index in [1.165, 1.54) is 29.8 Å². The molecule has 1 amide bonds. The average molecular weight is 385 g/mol. The summed E-state index contributed by atoms with van der Waals surface area (Å²) in [7, 11) is 0. The molecule has 2 aromatic rings. The molecule has 0 bridgehead atoms. The third-order valence-electron chi connectivity index (χ3n) is 4.62. The van der Waals surface area contributed by atoms with Gasteiger partial charge in [-0.2, -0.15) is 0 Å². The topological polar surface area (TPSA) is 75.5 Å². The second-order valence-electron chi connectivity index (χ2n) is 6.48. The molecule has 1 N–H and O–H groups in total. The fraction of sp³-hybridized carbons (Fsp3) is 0.350. The van der Waals surface area contributed by atoms with Crippen molar-refractivity contribution in [1.82, 2.24) is 10.4 Å². The fourth-order valence-electron chi connectivity index (χ4n) is 3.24. The number of hydrogen-bond donors (Lipinski definition) is 1. The van der Waals surface area contributed by atoms with Gasteiger partial charge in [-0.3, -0.25) is 19.9 Å². The lowest BCUT2D eigenvalue weighted by molar-refractivity contribution is -0.384. The van der Waals surface area contributed by atoms with E-state index in [0.717, 1.165) is 25.0 Å². The highest BCUT2D eigenvalue weighted by molar-refractivity contribution is 7.99. The number of nitro groups is 1. The Morgan fingerprint density at radius 3 is 2.56 bits per heavy atom. The maximum atomic E-state index is 12.9. The van der Waals surface area contributed by atoms with Gasteiger partial charge >= 0.3 is 0 Å². The summed E-state index contributed by atoms with van der Waals surface area (Å²) >= 11 is 1.74. The molecule has 1 heterocycles. The lowest BCUT2D eigenvalue weighted by atomic mass is 10.0. The zero-order chi connectivity index (χ0) is 19.2. The highest BCUT2D eigenvalue weighted by Crippen LogP contribution is 2.29. The molecule has 0 radical (unpaired) electrons. The number of carbonyl (C=O) groups is 1. The standard InChI is InChI=1S/C20H23N3O3S/c1-2-27-19-14-17(11-8-15-6-4-3-5-7-15)21-22(19)20(24)16-9-12-18(13-10-16)23(25)26/h3-7,9-10,12-13,17,19,21H,2,8,11,14H2,1H3. The quantitative estimate of drug-likeness (QED) is 0.575. The Hall–Kier alpha value is -2.38. The van der Waals surface area contributed by atoms with Crippen LogP contribution in [0.15, 0.2) is 54.6 Å². The van der Waals surface area contributed by atoms with Gasteiger partial charge in [0, 0.05) is 23.7 Å². The molecule has 0 spiro atoms. The van der Waals surface area contributed by atoms with Crippen molar-refractivity contribution in [3.63, 3.8) is 0 Å². The van der Waals surface area contributed by atoms with E-state index in [1.807, 2.05) is 18.2 Å². The van der Waals surface area contributed by atoms with E-state index < -0.39 is 4.92 Å². The van der Waals surface area contributed by atoms with Crippen molar-refractivity contribution in [3.8, 4) is 0 Å². The van der Waals surface area contributed by atoms with E-state index in [1.54, 1.807) is 16.8 Å². The number of amides is 1. The van der Waals surface area contributed by atoms with Gasteiger partial charge < -0.3 is 0 Å². The van der Waals surface area contributed by atoms with Gasteiger partial charge in [0.05, 0.1) is 10.3 Å². The van der Waals surface area contributed by atoms with Crippen LogP contribution in [-0.4, -0.2) is 33.0 Å². The number of nitro benzene ring substituents is 1. The number of non-ortho nitro benzene ring substituents is 1. The lowest BCUT2D eigenvalue weighted by Crippen LogP contribution is -2.43. The molecule has 1 fully saturated rings. The van der Waals surface area contributed by atoms with Crippen LogP contribution in [0.2, 0.25) is 0 Å². The number of hydrogen-bond acceptors (Lipinski definition) is 5. The summed E-state index contributed by atoms with van der Waals surface area (Å²) < 4.78 is 0. The van der Waals surface area contributed by atoms with Crippen LogP contribution in [-0.2, 0) is 6.42 Å². The molecule has 1 aliphatic rings. The van der Waals surface area contributed by atoms with Gasteiger partial charge in [-0.15, -0.1) is 11.8 Å². The van der Waals surface area contributed by atoms with Crippen molar-refractivity contribution >= 4 is 23.4 Å². The average Bonchev–Trinajstić information content (AvgIpc) is 3.10. The number of nitrogens with zero attached hydrogens (tertiary/aromatic N) is 2. The summed E-state index contributed by atoms with van der Waals surface area (Å²) in [5.74, 6) is 0.778. The highest BCUT2D eigenvalue weighted by Gasteiger charge is 2.35. The maximum absolute atomic E-state index is 12.9. The second kappa shape index (κ2) is 9.01. The van der Waals surface area contributed by atoms with Crippen LogP contribution in [0.5, 0.6) is 0 Å². The molecule has 0 aromatic heterocycles. The van der Waals surface area contributed by atoms with E-state index in [4.69, 9.17) is 0 Å². The Morgan fingerprint density at radius 2 is 1.93 bits per heavy atom. The van der Waals surface area contributed by atoms with Gasteiger partial charge in [-0.1, -0.05) is 37.3 Å². The van der Waals surface area contributed by atoms with Crippen LogP contribution >= 0.6 is 11.8 Å². The third kappa shape index (κ3) is 4.87. The first kappa shape index (κ1) is 19.4. The van der Waals surface area contributed by atoms with Gasteiger partial charge in [-0.05, 0) is 42.7 Å². The first-order valence-electron chi connectivity index (χ1n) is 9.08. The van der Waals surface area contributed by atoms with Crippen molar-refractivity contribution in [1.29, 1.82) is 0 Å². The van der Waals surface area contributed by atoms with Crippen molar-refractivity contribution in [2.24, 2.45) is 0 Å². The number of carbonyl (C=O) groups excluding carboxylic acids is 1. The van der Waals surface area contributed by atoms with Crippen LogP contribution in [0.1, 0.15) is 35.7 Å². The molecular weight excluding hydrogens is 362 g/mol. The van der Waals surface area contributed by atoms with E-state index in [0.29, 0.717) is 5.56 Å². The monoisotopic (exact) mass is 385 g/mol. The minimum absolute atomic E-state index is 0.0128. The smallest absolute Gasteiger partial charge is 0.268 e. The summed E-state index contributed by atoms with van der Waals surface area (Å²) in [6, 6.07) is 16.3. The summed E-state index contributed by atoms with van der Waals surface area (Å²) in [5.41, 5.74) is 5.10. The molecule has 7 heteroatoms. The first-order chi connectivity index (χ1) is 13.1. The lowest BCUT2D eigenvalue weighted by Gasteiger charge is -2.23. The zero-order valence-corrected chi connectivity index (χ0v) is 16.0. The first-order valence-corrected chi connectivity index (χ1v) is 10.1. The van der Waals surface area contributed by atoms with E-state index >= 15 is 0 Å². The molecule has 1 saturated heterocycles. The fourth-order valence-corrected chi connectivity index (χ4v) is 4.30. The number of hydrazine groups is 1. The zero-order valence-electron chi connectivity index (χ0n) is 15.2. The molecular formula is C20H23N3O3S. The number of nitrogens with one attached hydrogen (secondary N) is 1. The highest BCUT2D eigenvalue weighted by atomic mass is 32.2. The third-order valence-corrected chi connectivity index (χ3v) is 5.74. The largest absolute Gasteiger partial charge is 0.269 e. The number of aryl methyl sites for hydroxylation is 1. The van der Waals surface area contributed by atoms with Crippen LogP contribution < -0.4 is 5.43 Å². The Bertz CT molecular complexity index is 783. The van der Waals surface area contributed by atoms with Gasteiger partial charge in [0.1, 0.15) is 0 Å². The van der Waals surface area contributed by atoms with Crippen molar-refractivity contribution < 1.29 is 9.72 Å². The Labute approximate surface area is 163 Å². The SMILES string of the molecule is CCSC1CC(CCc2ccccc2)NN1C(=O)c1ccc([N+](=O)[O-])cc1. The summed E-state index contributed by atoms with van der Waals surface area (Å²) in [4.78, 5) is 23.3. The molecule has 3 rings (SSSR count). The van der Waals surface area contributed by atoms with Crippen molar-refractivity contribution in [2.75, 3.05) is 5.75 Å². The molecule has 142 valence electrons. The molecule has 1 aliphatic heterocycles. The van der Waals surface area contributed by atoms with Crippen molar-refractivity contribution in [3.05, 3.63) is 75.8 Å². The van der Waals surface area contributed by atoms with Crippen molar-refractivity contribution in [2.45, 2.75) is 37.6 Å². The molecule has 2 aromatic carbocycles. The van der Waals surface area contributed by atoms with E-state index in [2.05, 4.69) is 24.5 Å². The van der Waals surface area contributed by atoms with Gasteiger partial charge in [0.15, 0.2) is 0 Å². The van der Waals surface area contributed by atoms with Crippen LogP contribution in [0.25, 0.3) is 0 Å². The van der Waals surface area contributed by atoms with Crippen LogP contribution in [0.3, 0.4) is 0 Å². The molecule has 2 atom stereocenters. The number of rotatable bonds is 7. The molecule has 0 saturated carbocycles.